The van der Waals surface area contributed by atoms with Crippen molar-refractivity contribution in [2.45, 2.75) is 45.1 Å². The zero-order valence-electron chi connectivity index (χ0n) is 12.1. The maximum atomic E-state index is 11.6. The van der Waals surface area contributed by atoms with E-state index in [-0.39, 0.29) is 5.97 Å². The maximum Gasteiger partial charge on any atom is 0.306 e. The molecule has 1 saturated heterocycles. The Kier molecular flexibility index (Phi) is 6.58. The highest BCUT2D eigenvalue weighted by Crippen LogP contribution is 2.19. The van der Waals surface area contributed by atoms with E-state index in [0.29, 0.717) is 13.0 Å². The molecule has 20 heavy (non-hydrogen) atoms. The van der Waals surface area contributed by atoms with Gasteiger partial charge in [-0.15, -0.1) is 0 Å². The molecule has 1 aliphatic heterocycles. The van der Waals surface area contributed by atoms with Gasteiger partial charge < -0.3 is 9.47 Å². The van der Waals surface area contributed by atoms with Crippen LogP contribution in [0, 0.1) is 5.92 Å². The van der Waals surface area contributed by atoms with Crippen molar-refractivity contribution in [3.05, 3.63) is 35.9 Å². The third-order valence-electron chi connectivity index (χ3n) is 3.76. The molecule has 0 radical (unpaired) electrons. The molecule has 0 bridgehead atoms. The molecule has 110 valence electrons. The third kappa shape index (κ3) is 5.74. The van der Waals surface area contributed by atoms with Gasteiger partial charge in [-0.3, -0.25) is 4.79 Å². The molecule has 0 amide bonds. The van der Waals surface area contributed by atoms with Gasteiger partial charge in [0.05, 0.1) is 0 Å². The largest absolute Gasteiger partial charge is 0.461 e. The number of rotatable bonds is 8. The second-order valence-corrected chi connectivity index (χ2v) is 5.48. The average molecular weight is 276 g/mol. The number of unbranched alkanes of at least 4 members (excludes halogenated alkanes) is 2. The molecule has 0 aromatic heterocycles. The molecule has 0 N–H and O–H groups in total. The molecule has 0 aliphatic carbocycles. The Labute approximate surface area is 121 Å². The first kappa shape index (κ1) is 15.0. The van der Waals surface area contributed by atoms with Crippen LogP contribution < -0.4 is 0 Å². The summed E-state index contributed by atoms with van der Waals surface area (Å²) in [4.78, 5) is 11.6. The van der Waals surface area contributed by atoms with Gasteiger partial charge in [0.25, 0.3) is 0 Å². The Morgan fingerprint density at radius 1 is 1.20 bits per heavy atom. The van der Waals surface area contributed by atoms with Crippen LogP contribution in [0.1, 0.15) is 44.1 Å². The molecule has 3 heteroatoms. The maximum absolute atomic E-state index is 11.6. The summed E-state index contributed by atoms with van der Waals surface area (Å²) in [6, 6.07) is 9.81. The Morgan fingerprint density at radius 2 is 2.05 bits per heavy atom. The van der Waals surface area contributed by atoms with Gasteiger partial charge in [-0.2, -0.15) is 0 Å². The van der Waals surface area contributed by atoms with E-state index in [9.17, 15) is 4.79 Å². The second-order valence-electron chi connectivity index (χ2n) is 5.48. The van der Waals surface area contributed by atoms with Crippen molar-refractivity contribution in [2.75, 3.05) is 13.2 Å². The lowest BCUT2D eigenvalue weighted by molar-refractivity contribution is -0.145. The Hall–Kier alpha value is -1.35. The van der Waals surface area contributed by atoms with Gasteiger partial charge in [0.2, 0.25) is 0 Å². The van der Waals surface area contributed by atoms with Crippen LogP contribution in [-0.2, 0) is 20.9 Å². The summed E-state index contributed by atoms with van der Waals surface area (Å²) in [5.41, 5.74) is 1.04. The summed E-state index contributed by atoms with van der Waals surface area (Å²) < 4.78 is 10.6. The first-order chi connectivity index (χ1) is 9.84. The van der Waals surface area contributed by atoms with Crippen molar-refractivity contribution in [3.8, 4) is 0 Å². The number of benzene rings is 1. The molecule has 1 heterocycles. The van der Waals surface area contributed by atoms with Gasteiger partial charge in [0.1, 0.15) is 6.61 Å². The smallest absolute Gasteiger partial charge is 0.306 e. The molecule has 1 atom stereocenters. The van der Waals surface area contributed by atoms with E-state index in [2.05, 4.69) is 0 Å². The van der Waals surface area contributed by atoms with Gasteiger partial charge >= 0.3 is 5.97 Å². The molecule has 0 spiro atoms. The number of carbonyl (C=O) groups excluding carboxylic acids is 1. The van der Waals surface area contributed by atoms with Crippen LogP contribution in [0.15, 0.2) is 30.3 Å². The number of hydrogen-bond acceptors (Lipinski definition) is 3. The number of carbonyl (C=O) groups is 1. The van der Waals surface area contributed by atoms with Gasteiger partial charge in [0.15, 0.2) is 0 Å². The van der Waals surface area contributed by atoms with Gasteiger partial charge in [-0.05, 0) is 30.7 Å². The lowest BCUT2D eigenvalue weighted by Crippen LogP contribution is -2.04. The van der Waals surface area contributed by atoms with Crippen molar-refractivity contribution in [3.63, 3.8) is 0 Å². The quantitative estimate of drug-likeness (QED) is 0.536. The number of ether oxygens (including phenoxy) is 2. The van der Waals surface area contributed by atoms with Crippen molar-refractivity contribution in [1.82, 2.24) is 0 Å². The predicted molar refractivity (Wildman–Crippen MR) is 78.2 cm³/mol. The van der Waals surface area contributed by atoms with Crippen LogP contribution in [0.5, 0.6) is 0 Å². The molecule has 0 saturated carbocycles. The minimum absolute atomic E-state index is 0.0851. The summed E-state index contributed by atoms with van der Waals surface area (Å²) in [6.07, 6.45) is 6.21. The minimum atomic E-state index is -0.0851. The SMILES string of the molecule is O=C(CCCCCC1CCOC1)OCc1ccccc1. The van der Waals surface area contributed by atoms with Gasteiger partial charge in [-0.25, -0.2) is 0 Å². The van der Waals surface area contributed by atoms with Crippen molar-refractivity contribution in [1.29, 1.82) is 0 Å². The predicted octanol–water partition coefficient (Wildman–Crippen LogP) is 3.72. The summed E-state index contributed by atoms with van der Waals surface area (Å²) in [6.45, 7) is 2.24. The molecular formula is C17H24O3. The Morgan fingerprint density at radius 3 is 2.80 bits per heavy atom. The fourth-order valence-electron chi connectivity index (χ4n) is 2.50. The third-order valence-corrected chi connectivity index (χ3v) is 3.76. The van der Waals surface area contributed by atoms with E-state index in [0.717, 1.165) is 37.5 Å². The van der Waals surface area contributed by atoms with E-state index in [1.807, 2.05) is 30.3 Å². The monoisotopic (exact) mass is 276 g/mol. The van der Waals surface area contributed by atoms with Crippen LogP contribution in [0.4, 0.5) is 0 Å². The highest BCUT2D eigenvalue weighted by molar-refractivity contribution is 5.69. The fraction of sp³-hybridized carbons (Fsp3) is 0.588. The van der Waals surface area contributed by atoms with E-state index in [4.69, 9.17) is 9.47 Å². The van der Waals surface area contributed by atoms with Gasteiger partial charge in [-0.1, -0.05) is 43.2 Å². The van der Waals surface area contributed by atoms with Crippen molar-refractivity contribution < 1.29 is 14.3 Å². The van der Waals surface area contributed by atoms with Crippen LogP contribution >= 0.6 is 0 Å². The molecule has 1 aromatic carbocycles. The highest BCUT2D eigenvalue weighted by Gasteiger charge is 2.14. The van der Waals surface area contributed by atoms with Crippen LogP contribution in [-0.4, -0.2) is 19.2 Å². The van der Waals surface area contributed by atoms with E-state index >= 15 is 0 Å². The summed E-state index contributed by atoms with van der Waals surface area (Å²) in [5.74, 6) is 0.665. The normalized spacial score (nSPS) is 18.1. The molecule has 1 aliphatic rings. The molecular weight excluding hydrogens is 252 g/mol. The van der Waals surface area contributed by atoms with E-state index in [1.165, 1.54) is 19.3 Å². The minimum Gasteiger partial charge on any atom is -0.461 e. The molecule has 1 aromatic rings. The number of hydrogen-bond donors (Lipinski definition) is 0. The lowest BCUT2D eigenvalue weighted by Gasteiger charge is -2.07. The summed E-state index contributed by atoms with van der Waals surface area (Å²) in [5, 5.41) is 0. The Bertz CT molecular complexity index is 382. The van der Waals surface area contributed by atoms with Crippen LogP contribution in [0.3, 0.4) is 0 Å². The van der Waals surface area contributed by atoms with Crippen LogP contribution in [0.25, 0.3) is 0 Å². The molecule has 3 nitrogen and oxygen atoms in total. The Balaban J connectivity index is 1.47. The standard InChI is InChI=1S/C17H24O3/c18-17(20-14-15-7-3-1-4-8-15)10-6-2-5-9-16-11-12-19-13-16/h1,3-4,7-8,16H,2,5-6,9-14H2. The van der Waals surface area contributed by atoms with Crippen molar-refractivity contribution >= 4 is 5.97 Å². The van der Waals surface area contributed by atoms with Crippen molar-refractivity contribution in [2.24, 2.45) is 5.92 Å². The van der Waals surface area contributed by atoms with Crippen LogP contribution in [0.2, 0.25) is 0 Å². The average Bonchev–Trinajstić information content (AvgIpc) is 2.99. The van der Waals surface area contributed by atoms with Gasteiger partial charge in [0, 0.05) is 19.6 Å². The second kappa shape index (κ2) is 8.75. The van der Waals surface area contributed by atoms with E-state index < -0.39 is 0 Å². The summed E-state index contributed by atoms with van der Waals surface area (Å²) in [7, 11) is 0. The zero-order chi connectivity index (χ0) is 14.0. The molecule has 2 rings (SSSR count). The number of esters is 1. The highest BCUT2D eigenvalue weighted by atomic mass is 16.5. The molecule has 1 fully saturated rings. The first-order valence-electron chi connectivity index (χ1n) is 7.62. The first-order valence-corrected chi connectivity index (χ1v) is 7.62. The fourth-order valence-corrected chi connectivity index (χ4v) is 2.50. The lowest BCUT2D eigenvalue weighted by atomic mass is 10.0. The zero-order valence-corrected chi connectivity index (χ0v) is 12.1. The molecule has 1 unspecified atom stereocenters. The van der Waals surface area contributed by atoms with E-state index in [1.54, 1.807) is 0 Å². The summed E-state index contributed by atoms with van der Waals surface area (Å²) >= 11 is 0. The topological polar surface area (TPSA) is 35.5 Å².